The SMILES string of the molecule is CCC(Oc1ccccc1F)C(=O)N1CCCC(C)(C(=O)O)C1. The van der Waals surface area contributed by atoms with Crippen LogP contribution in [0.1, 0.15) is 33.1 Å². The van der Waals surface area contributed by atoms with Crippen LogP contribution in [0, 0.1) is 11.2 Å². The van der Waals surface area contributed by atoms with Crippen molar-refractivity contribution in [1.29, 1.82) is 0 Å². The van der Waals surface area contributed by atoms with Gasteiger partial charge in [0.15, 0.2) is 17.7 Å². The lowest BCUT2D eigenvalue weighted by Gasteiger charge is -2.38. The minimum atomic E-state index is -0.940. The Morgan fingerprint density at radius 3 is 2.74 bits per heavy atom. The average molecular weight is 323 g/mol. The second kappa shape index (κ2) is 6.98. The Morgan fingerprint density at radius 2 is 2.13 bits per heavy atom. The van der Waals surface area contributed by atoms with Gasteiger partial charge < -0.3 is 14.7 Å². The van der Waals surface area contributed by atoms with Crippen LogP contribution in [-0.4, -0.2) is 41.1 Å². The molecule has 0 aliphatic carbocycles. The van der Waals surface area contributed by atoms with Crippen molar-refractivity contribution in [2.24, 2.45) is 5.41 Å². The Morgan fingerprint density at radius 1 is 1.43 bits per heavy atom. The normalized spacial score (nSPS) is 22.5. The number of carbonyl (C=O) groups is 2. The highest BCUT2D eigenvalue weighted by molar-refractivity contribution is 5.83. The van der Waals surface area contributed by atoms with E-state index in [1.807, 2.05) is 0 Å². The molecule has 1 aliphatic heterocycles. The summed E-state index contributed by atoms with van der Waals surface area (Å²) >= 11 is 0. The van der Waals surface area contributed by atoms with E-state index in [0.29, 0.717) is 25.8 Å². The first-order chi connectivity index (χ1) is 10.9. The van der Waals surface area contributed by atoms with Crippen molar-refractivity contribution in [2.75, 3.05) is 13.1 Å². The number of ether oxygens (including phenoxy) is 1. The second-order valence-electron chi connectivity index (χ2n) is 6.17. The zero-order valence-electron chi connectivity index (χ0n) is 13.4. The third-order valence-electron chi connectivity index (χ3n) is 4.28. The van der Waals surface area contributed by atoms with Gasteiger partial charge in [-0.3, -0.25) is 9.59 Å². The average Bonchev–Trinajstić information content (AvgIpc) is 2.53. The van der Waals surface area contributed by atoms with Gasteiger partial charge in [-0.05, 0) is 38.3 Å². The number of hydrogen-bond donors (Lipinski definition) is 1. The molecule has 1 aromatic carbocycles. The first kappa shape index (κ1) is 17.2. The summed E-state index contributed by atoms with van der Waals surface area (Å²) in [5.74, 6) is -1.68. The lowest BCUT2D eigenvalue weighted by atomic mass is 9.82. The maximum atomic E-state index is 13.7. The molecule has 2 unspecified atom stereocenters. The molecule has 0 aromatic heterocycles. The van der Waals surface area contributed by atoms with E-state index in [4.69, 9.17) is 4.74 Å². The standard InChI is InChI=1S/C17H22FNO4/c1-3-13(23-14-8-5-4-7-12(14)18)15(20)19-10-6-9-17(2,11-19)16(21)22/h4-5,7-8,13H,3,6,9-11H2,1-2H3,(H,21,22). The fourth-order valence-electron chi connectivity index (χ4n) is 2.81. The van der Waals surface area contributed by atoms with Crippen LogP contribution in [0.4, 0.5) is 4.39 Å². The predicted molar refractivity (Wildman–Crippen MR) is 82.7 cm³/mol. The number of likely N-dealkylation sites (tertiary alicyclic amines) is 1. The highest BCUT2D eigenvalue weighted by Crippen LogP contribution is 2.30. The number of carboxylic acids is 1. The van der Waals surface area contributed by atoms with Gasteiger partial charge in [0.2, 0.25) is 0 Å². The van der Waals surface area contributed by atoms with Crippen molar-refractivity contribution in [3.8, 4) is 5.75 Å². The van der Waals surface area contributed by atoms with Crippen LogP contribution in [-0.2, 0) is 9.59 Å². The number of halogens is 1. The number of piperidine rings is 1. The molecule has 0 saturated carbocycles. The largest absolute Gasteiger partial charge is 0.481 e. The zero-order chi connectivity index (χ0) is 17.0. The van der Waals surface area contributed by atoms with E-state index in [1.54, 1.807) is 26.0 Å². The molecule has 2 atom stereocenters. The van der Waals surface area contributed by atoms with Crippen LogP contribution >= 0.6 is 0 Å². The first-order valence-corrected chi connectivity index (χ1v) is 7.81. The third-order valence-corrected chi connectivity index (χ3v) is 4.28. The van der Waals surface area contributed by atoms with Crippen LogP contribution in [0.3, 0.4) is 0 Å². The number of benzene rings is 1. The van der Waals surface area contributed by atoms with Crippen molar-refractivity contribution in [3.05, 3.63) is 30.1 Å². The number of aliphatic carboxylic acids is 1. The van der Waals surface area contributed by atoms with E-state index >= 15 is 0 Å². The van der Waals surface area contributed by atoms with Gasteiger partial charge in [-0.1, -0.05) is 19.1 Å². The summed E-state index contributed by atoms with van der Waals surface area (Å²) < 4.78 is 19.2. The number of amides is 1. The number of hydrogen-bond acceptors (Lipinski definition) is 3. The van der Waals surface area contributed by atoms with Gasteiger partial charge in [-0.2, -0.15) is 0 Å². The van der Waals surface area contributed by atoms with Gasteiger partial charge in [-0.15, -0.1) is 0 Å². The maximum Gasteiger partial charge on any atom is 0.311 e. The molecule has 1 heterocycles. The molecule has 0 radical (unpaired) electrons. The van der Waals surface area contributed by atoms with Crippen LogP contribution in [0.15, 0.2) is 24.3 Å². The fourth-order valence-corrected chi connectivity index (χ4v) is 2.81. The van der Waals surface area contributed by atoms with Crippen LogP contribution in [0.25, 0.3) is 0 Å². The van der Waals surface area contributed by atoms with Crippen molar-refractivity contribution in [2.45, 2.75) is 39.2 Å². The molecule has 2 rings (SSSR count). The highest BCUT2D eigenvalue weighted by atomic mass is 19.1. The van der Waals surface area contributed by atoms with Gasteiger partial charge in [0.1, 0.15) is 0 Å². The van der Waals surface area contributed by atoms with E-state index in [1.165, 1.54) is 17.0 Å². The summed E-state index contributed by atoms with van der Waals surface area (Å²) in [5.41, 5.74) is -0.940. The van der Waals surface area contributed by atoms with Crippen molar-refractivity contribution in [1.82, 2.24) is 4.90 Å². The Bertz CT molecular complexity index is 592. The number of carbonyl (C=O) groups excluding carboxylic acids is 1. The number of nitrogens with zero attached hydrogens (tertiary/aromatic N) is 1. The quantitative estimate of drug-likeness (QED) is 0.905. The summed E-state index contributed by atoms with van der Waals surface area (Å²) in [7, 11) is 0. The Kier molecular flexibility index (Phi) is 5.23. The smallest absolute Gasteiger partial charge is 0.311 e. The van der Waals surface area contributed by atoms with Crippen molar-refractivity contribution >= 4 is 11.9 Å². The molecule has 0 bridgehead atoms. The Balaban J connectivity index is 2.10. The van der Waals surface area contributed by atoms with Crippen molar-refractivity contribution in [3.63, 3.8) is 0 Å². The number of rotatable bonds is 5. The molecule has 126 valence electrons. The van der Waals surface area contributed by atoms with E-state index in [0.717, 1.165) is 0 Å². The lowest BCUT2D eigenvalue weighted by molar-refractivity contribution is -0.155. The molecule has 1 saturated heterocycles. The molecule has 1 amide bonds. The van der Waals surface area contributed by atoms with Gasteiger partial charge in [-0.25, -0.2) is 4.39 Å². The van der Waals surface area contributed by atoms with E-state index in [9.17, 15) is 19.1 Å². The van der Waals surface area contributed by atoms with Crippen LogP contribution in [0.2, 0.25) is 0 Å². The molecular weight excluding hydrogens is 301 g/mol. The van der Waals surface area contributed by atoms with Gasteiger partial charge >= 0.3 is 5.97 Å². The molecule has 5 nitrogen and oxygen atoms in total. The number of para-hydroxylation sites is 1. The van der Waals surface area contributed by atoms with E-state index in [2.05, 4.69) is 0 Å². The second-order valence-corrected chi connectivity index (χ2v) is 6.17. The summed E-state index contributed by atoms with van der Waals surface area (Å²) in [4.78, 5) is 25.6. The summed E-state index contributed by atoms with van der Waals surface area (Å²) in [6.45, 7) is 4.08. The highest BCUT2D eigenvalue weighted by Gasteiger charge is 2.40. The first-order valence-electron chi connectivity index (χ1n) is 7.81. The monoisotopic (exact) mass is 323 g/mol. The molecule has 6 heteroatoms. The molecule has 1 fully saturated rings. The summed E-state index contributed by atoms with van der Waals surface area (Å²) in [6.07, 6.45) is 0.734. The molecule has 1 aliphatic rings. The van der Waals surface area contributed by atoms with E-state index in [-0.39, 0.29) is 18.2 Å². The lowest BCUT2D eigenvalue weighted by Crippen LogP contribution is -2.52. The molecule has 23 heavy (non-hydrogen) atoms. The van der Waals surface area contributed by atoms with E-state index < -0.39 is 23.3 Å². The van der Waals surface area contributed by atoms with Crippen molar-refractivity contribution < 1.29 is 23.8 Å². The van der Waals surface area contributed by atoms with Crippen LogP contribution < -0.4 is 4.74 Å². The minimum Gasteiger partial charge on any atom is -0.481 e. The van der Waals surface area contributed by atoms with Gasteiger partial charge in [0.25, 0.3) is 5.91 Å². The fraction of sp³-hybridized carbons (Fsp3) is 0.529. The molecular formula is C17H22FNO4. The number of carboxylic acid groups (broad SMARTS) is 1. The van der Waals surface area contributed by atoms with Gasteiger partial charge in [0.05, 0.1) is 5.41 Å². The third kappa shape index (κ3) is 3.81. The minimum absolute atomic E-state index is 0.0331. The molecule has 0 spiro atoms. The predicted octanol–water partition coefficient (Wildman–Crippen LogP) is 2.70. The molecule has 1 N–H and O–H groups in total. The maximum absolute atomic E-state index is 13.7. The summed E-state index contributed by atoms with van der Waals surface area (Å²) in [6, 6.07) is 5.93. The summed E-state index contributed by atoms with van der Waals surface area (Å²) in [5, 5.41) is 9.35. The topological polar surface area (TPSA) is 66.8 Å². The Hall–Kier alpha value is -2.11. The van der Waals surface area contributed by atoms with Crippen LogP contribution in [0.5, 0.6) is 5.75 Å². The zero-order valence-corrected chi connectivity index (χ0v) is 13.4. The molecule has 1 aromatic rings. The van der Waals surface area contributed by atoms with Gasteiger partial charge in [0, 0.05) is 13.1 Å². The Labute approximate surface area is 135 Å².